The average molecular weight is 354 g/mol. The van der Waals surface area contributed by atoms with E-state index in [1.165, 1.54) is 0 Å². The summed E-state index contributed by atoms with van der Waals surface area (Å²) in [6.45, 7) is 0.805. The molecule has 124 valence electrons. The van der Waals surface area contributed by atoms with Gasteiger partial charge < -0.3 is 14.6 Å². The number of carbonyl (C=O) groups is 1. The maximum atomic E-state index is 12.5. The number of nitrogens with one attached hydrogen (secondary N) is 1. The van der Waals surface area contributed by atoms with Crippen LogP contribution in [-0.2, 0) is 22.9 Å². The molecule has 23 heavy (non-hydrogen) atoms. The molecule has 2 amide bonds. The summed E-state index contributed by atoms with van der Waals surface area (Å²) in [5, 5.41) is 4.79. The van der Waals surface area contributed by atoms with Gasteiger partial charge in [-0.25, -0.2) is 13.2 Å². The lowest BCUT2D eigenvalue weighted by Crippen LogP contribution is -2.44. The van der Waals surface area contributed by atoms with Crippen molar-refractivity contribution < 1.29 is 17.6 Å². The summed E-state index contributed by atoms with van der Waals surface area (Å²) < 4.78 is 28.4. The van der Waals surface area contributed by atoms with Crippen LogP contribution in [0.1, 0.15) is 17.1 Å². The lowest BCUT2D eigenvalue weighted by Gasteiger charge is -2.23. The van der Waals surface area contributed by atoms with E-state index < -0.39 is 9.84 Å². The van der Waals surface area contributed by atoms with Gasteiger partial charge >= 0.3 is 6.03 Å². The highest BCUT2D eigenvalue weighted by Gasteiger charge is 2.30. The van der Waals surface area contributed by atoms with Crippen LogP contribution < -0.4 is 5.32 Å². The second-order valence-electron chi connectivity index (χ2n) is 5.56. The number of amides is 2. The van der Waals surface area contributed by atoms with Gasteiger partial charge in [0, 0.05) is 10.9 Å². The molecule has 0 bridgehead atoms. The van der Waals surface area contributed by atoms with Gasteiger partial charge in [-0.05, 0) is 30.0 Å². The van der Waals surface area contributed by atoms with Gasteiger partial charge in [0.25, 0.3) is 0 Å². The van der Waals surface area contributed by atoms with Crippen LogP contribution in [0.25, 0.3) is 0 Å². The van der Waals surface area contributed by atoms with Gasteiger partial charge in [-0.1, -0.05) is 6.07 Å². The Kier molecular flexibility index (Phi) is 4.72. The minimum Gasteiger partial charge on any atom is -0.467 e. The summed E-state index contributed by atoms with van der Waals surface area (Å²) in [5.74, 6) is 0.851. The van der Waals surface area contributed by atoms with Gasteiger partial charge in [-0.15, -0.1) is 11.3 Å². The largest absolute Gasteiger partial charge is 0.467 e. The zero-order valence-electron chi connectivity index (χ0n) is 12.5. The van der Waals surface area contributed by atoms with Crippen molar-refractivity contribution in [2.75, 3.05) is 11.5 Å². The number of rotatable bonds is 5. The van der Waals surface area contributed by atoms with Crippen molar-refractivity contribution >= 4 is 27.2 Å². The maximum absolute atomic E-state index is 12.5. The molecule has 1 unspecified atom stereocenters. The first-order valence-corrected chi connectivity index (χ1v) is 10.0. The van der Waals surface area contributed by atoms with Crippen LogP contribution >= 0.6 is 11.3 Å². The van der Waals surface area contributed by atoms with E-state index in [1.54, 1.807) is 28.6 Å². The molecule has 6 nitrogen and oxygen atoms in total. The summed E-state index contributed by atoms with van der Waals surface area (Å²) in [4.78, 5) is 15.2. The van der Waals surface area contributed by atoms with Crippen LogP contribution in [0.4, 0.5) is 4.79 Å². The molecular weight excluding hydrogens is 336 g/mol. The molecule has 3 rings (SSSR count). The number of hydrogen-bond donors (Lipinski definition) is 1. The Hall–Kier alpha value is -1.80. The topological polar surface area (TPSA) is 79.6 Å². The SMILES string of the molecule is O=C(NC1CCS(=O)(=O)C1)N(Cc1ccco1)Cc1cccs1. The first-order chi connectivity index (χ1) is 11.0. The van der Waals surface area contributed by atoms with Gasteiger partial charge in [0.05, 0.1) is 30.9 Å². The predicted octanol–water partition coefficient (Wildman–Crippen LogP) is 2.24. The van der Waals surface area contributed by atoms with Crippen LogP contribution in [0, 0.1) is 0 Å². The first-order valence-electron chi connectivity index (χ1n) is 7.32. The van der Waals surface area contributed by atoms with Crippen LogP contribution in [0.15, 0.2) is 40.3 Å². The number of furan rings is 1. The summed E-state index contributed by atoms with van der Waals surface area (Å²) in [6, 6.07) is 6.92. The van der Waals surface area contributed by atoms with Crippen molar-refractivity contribution in [2.45, 2.75) is 25.6 Å². The molecule has 1 atom stereocenters. The third-order valence-corrected chi connectivity index (χ3v) is 6.33. The van der Waals surface area contributed by atoms with Crippen LogP contribution in [0.5, 0.6) is 0 Å². The lowest BCUT2D eigenvalue weighted by atomic mass is 10.2. The Balaban J connectivity index is 1.67. The van der Waals surface area contributed by atoms with E-state index in [-0.39, 0.29) is 23.6 Å². The fraction of sp³-hybridized carbons (Fsp3) is 0.400. The Labute approximate surface area is 139 Å². The molecule has 8 heteroatoms. The normalized spacial score (nSPS) is 19.6. The van der Waals surface area contributed by atoms with E-state index in [2.05, 4.69) is 5.32 Å². The van der Waals surface area contributed by atoms with Crippen LogP contribution in [0.2, 0.25) is 0 Å². The Morgan fingerprint density at radius 1 is 1.35 bits per heavy atom. The minimum absolute atomic E-state index is 0.0202. The molecule has 1 saturated heterocycles. The molecule has 1 aliphatic heterocycles. The summed E-state index contributed by atoms with van der Waals surface area (Å²) in [6.07, 6.45) is 2.04. The summed E-state index contributed by atoms with van der Waals surface area (Å²) in [7, 11) is -3.02. The van der Waals surface area contributed by atoms with E-state index in [9.17, 15) is 13.2 Å². The third kappa shape index (κ3) is 4.35. The lowest BCUT2D eigenvalue weighted by molar-refractivity contribution is 0.185. The van der Waals surface area contributed by atoms with Gasteiger partial charge in [-0.3, -0.25) is 0 Å². The predicted molar refractivity (Wildman–Crippen MR) is 87.9 cm³/mol. The number of sulfone groups is 1. The highest BCUT2D eigenvalue weighted by atomic mass is 32.2. The van der Waals surface area contributed by atoms with E-state index in [4.69, 9.17) is 4.42 Å². The Morgan fingerprint density at radius 3 is 2.83 bits per heavy atom. The molecule has 0 spiro atoms. The van der Waals surface area contributed by atoms with Crippen molar-refractivity contribution in [1.29, 1.82) is 0 Å². The fourth-order valence-electron chi connectivity index (χ4n) is 2.56. The summed E-state index contributed by atoms with van der Waals surface area (Å²) >= 11 is 1.58. The van der Waals surface area contributed by atoms with Gasteiger partial charge in [0.2, 0.25) is 0 Å². The molecular formula is C15H18N2O4S2. The van der Waals surface area contributed by atoms with Gasteiger partial charge in [0.1, 0.15) is 5.76 Å². The first kappa shape index (κ1) is 16.1. The van der Waals surface area contributed by atoms with E-state index in [0.29, 0.717) is 25.3 Å². The second kappa shape index (κ2) is 6.76. The number of thiophene rings is 1. The van der Waals surface area contributed by atoms with Crippen LogP contribution in [0.3, 0.4) is 0 Å². The smallest absolute Gasteiger partial charge is 0.318 e. The van der Waals surface area contributed by atoms with Crippen molar-refractivity contribution in [3.8, 4) is 0 Å². The van der Waals surface area contributed by atoms with E-state index >= 15 is 0 Å². The number of urea groups is 1. The number of carbonyl (C=O) groups excluding carboxylic acids is 1. The molecule has 1 fully saturated rings. The van der Waals surface area contributed by atoms with E-state index in [1.807, 2.05) is 23.6 Å². The molecule has 3 heterocycles. The standard InChI is InChI=1S/C15H18N2O4S2/c18-15(16-12-5-8-23(19,20)11-12)17(9-13-3-1-6-21-13)10-14-4-2-7-22-14/h1-4,6-7,12H,5,8-11H2,(H,16,18). The molecule has 0 aromatic carbocycles. The Bertz CT molecular complexity index is 702. The average Bonchev–Trinajstić information content (AvgIpc) is 3.21. The quantitative estimate of drug-likeness (QED) is 0.893. The Morgan fingerprint density at radius 2 is 2.22 bits per heavy atom. The zero-order chi connectivity index (χ0) is 16.3. The summed E-state index contributed by atoms with van der Waals surface area (Å²) in [5.41, 5.74) is 0. The second-order valence-corrected chi connectivity index (χ2v) is 8.83. The molecule has 1 N–H and O–H groups in total. The van der Waals surface area contributed by atoms with Crippen molar-refractivity contribution in [2.24, 2.45) is 0 Å². The molecule has 0 aliphatic carbocycles. The van der Waals surface area contributed by atoms with Crippen LogP contribution in [-0.4, -0.2) is 36.9 Å². The fourth-order valence-corrected chi connectivity index (χ4v) is 4.95. The minimum atomic E-state index is -3.02. The van der Waals surface area contributed by atoms with Crippen molar-refractivity contribution in [3.63, 3.8) is 0 Å². The molecule has 1 aliphatic rings. The molecule has 2 aromatic heterocycles. The van der Waals surface area contributed by atoms with Crippen molar-refractivity contribution in [1.82, 2.24) is 10.2 Å². The van der Waals surface area contributed by atoms with Gasteiger partial charge in [0.15, 0.2) is 9.84 Å². The zero-order valence-corrected chi connectivity index (χ0v) is 14.1. The van der Waals surface area contributed by atoms with Crippen molar-refractivity contribution in [3.05, 3.63) is 46.5 Å². The monoisotopic (exact) mass is 354 g/mol. The number of nitrogens with zero attached hydrogens (tertiary/aromatic N) is 1. The molecule has 0 saturated carbocycles. The van der Waals surface area contributed by atoms with Gasteiger partial charge in [-0.2, -0.15) is 0 Å². The third-order valence-electron chi connectivity index (χ3n) is 3.70. The number of hydrogen-bond acceptors (Lipinski definition) is 5. The maximum Gasteiger partial charge on any atom is 0.318 e. The highest BCUT2D eigenvalue weighted by molar-refractivity contribution is 7.91. The highest BCUT2D eigenvalue weighted by Crippen LogP contribution is 2.16. The van der Waals surface area contributed by atoms with E-state index in [0.717, 1.165) is 4.88 Å². The molecule has 0 radical (unpaired) electrons. The molecule has 2 aromatic rings.